The molecule has 0 amide bonds. The van der Waals surface area contributed by atoms with Gasteiger partial charge in [0.15, 0.2) is 11.6 Å². The van der Waals surface area contributed by atoms with Crippen molar-refractivity contribution in [2.75, 3.05) is 0 Å². The molecule has 8 nitrogen and oxygen atoms in total. The fourth-order valence-corrected chi connectivity index (χ4v) is 4.00. The van der Waals surface area contributed by atoms with Gasteiger partial charge in [0.1, 0.15) is 10.6 Å². The van der Waals surface area contributed by atoms with Gasteiger partial charge >= 0.3 is 10.2 Å². The molecule has 0 aliphatic heterocycles. The predicted molar refractivity (Wildman–Crippen MR) is 80.3 cm³/mol. The van der Waals surface area contributed by atoms with Gasteiger partial charge in [0.25, 0.3) is 16.1 Å². The summed E-state index contributed by atoms with van der Waals surface area (Å²) in [6.45, 7) is 0. The minimum atomic E-state index is -4.80. The minimum absolute atomic E-state index is 0.256. The second-order valence-electron chi connectivity index (χ2n) is 4.22. The Labute approximate surface area is 136 Å². The Morgan fingerprint density at radius 2 is 1.54 bits per heavy atom. The number of carbonyl (C=O) groups excluding carboxylic acids is 1. The van der Waals surface area contributed by atoms with Gasteiger partial charge in [-0.25, -0.2) is 17.6 Å². The molecule has 2 aromatic rings. The van der Waals surface area contributed by atoms with Crippen LogP contribution in [-0.4, -0.2) is 22.9 Å². The molecule has 0 unspecified atom stereocenters. The molecule has 0 spiro atoms. The van der Waals surface area contributed by atoms with Crippen LogP contribution in [0.2, 0.25) is 0 Å². The number of nitrogens with zero attached hydrogens (tertiary/aromatic N) is 1. The van der Waals surface area contributed by atoms with E-state index in [1.807, 2.05) is 0 Å². The largest absolute Gasteiger partial charge is 0.453 e. The van der Waals surface area contributed by atoms with Gasteiger partial charge in [0.2, 0.25) is 0 Å². The monoisotopic (exact) mass is 372 g/mol. The Morgan fingerprint density at radius 1 is 0.958 bits per heavy atom. The van der Waals surface area contributed by atoms with Gasteiger partial charge in [-0.05, 0) is 24.3 Å². The van der Waals surface area contributed by atoms with E-state index in [9.17, 15) is 26.0 Å². The van der Waals surface area contributed by atoms with Gasteiger partial charge < -0.3 is 4.74 Å². The highest BCUT2D eigenvalue weighted by Gasteiger charge is 2.26. The van der Waals surface area contributed by atoms with Gasteiger partial charge in [0, 0.05) is 0 Å². The maximum atomic E-state index is 13.6. The average molecular weight is 372 g/mol. The summed E-state index contributed by atoms with van der Waals surface area (Å²) in [4.78, 5) is 9.43. The number of sulfonamides is 1. The van der Waals surface area contributed by atoms with Crippen LogP contribution in [0.4, 0.5) is 4.39 Å². The van der Waals surface area contributed by atoms with Crippen LogP contribution in [0.3, 0.4) is 0 Å². The van der Waals surface area contributed by atoms with Crippen molar-refractivity contribution in [1.82, 2.24) is 4.13 Å². The van der Waals surface area contributed by atoms with E-state index in [2.05, 4.69) is 4.40 Å². The molecule has 0 saturated heterocycles. The van der Waals surface area contributed by atoms with Gasteiger partial charge in [0.05, 0.1) is 0 Å². The van der Waals surface area contributed by atoms with E-state index in [0.717, 1.165) is 18.2 Å². The Kier molecular flexibility index (Phi) is 5.10. The Hall–Kier alpha value is -2.59. The maximum Gasteiger partial charge on any atom is 0.343 e. The lowest BCUT2D eigenvalue weighted by molar-refractivity contribution is 0.431. The fourth-order valence-electron chi connectivity index (χ4n) is 1.65. The molecule has 24 heavy (non-hydrogen) atoms. The quantitative estimate of drug-likeness (QED) is 0.606. The van der Waals surface area contributed by atoms with Gasteiger partial charge in [-0.15, -0.1) is 0 Å². The van der Waals surface area contributed by atoms with Crippen molar-refractivity contribution < 1.29 is 30.8 Å². The highest BCUT2D eigenvalue weighted by atomic mass is 32.3. The number of isocyanates is 1. The maximum absolute atomic E-state index is 13.6. The van der Waals surface area contributed by atoms with E-state index in [1.54, 1.807) is 0 Å². The summed E-state index contributed by atoms with van der Waals surface area (Å²) >= 11 is 0. The molecule has 0 radical (unpaired) electrons. The third-order valence-corrected chi connectivity index (χ3v) is 5.52. The molecule has 1 N–H and O–H groups in total. The first-order valence-electron chi connectivity index (χ1n) is 6.14. The minimum Gasteiger partial charge on any atom is -0.453 e. The lowest BCUT2D eigenvalue weighted by Gasteiger charge is -2.11. The van der Waals surface area contributed by atoms with E-state index in [1.165, 1.54) is 40.5 Å². The van der Waals surface area contributed by atoms with Crippen molar-refractivity contribution in [2.45, 2.75) is 4.90 Å². The van der Waals surface area contributed by atoms with Gasteiger partial charge in [-0.2, -0.15) is 8.42 Å². The third-order valence-electron chi connectivity index (χ3n) is 2.57. The van der Waals surface area contributed by atoms with E-state index in [4.69, 9.17) is 4.74 Å². The van der Waals surface area contributed by atoms with Crippen LogP contribution in [0.1, 0.15) is 0 Å². The van der Waals surface area contributed by atoms with Crippen molar-refractivity contribution in [3.63, 3.8) is 0 Å². The molecule has 2 rings (SSSR count). The molecule has 0 fully saturated rings. The number of rotatable bonds is 6. The van der Waals surface area contributed by atoms with Gasteiger partial charge in [-0.1, -0.05) is 32.8 Å². The molecule has 0 bridgehead atoms. The fraction of sp³-hybridized carbons (Fsp3) is 0. The standard InChI is InChI=1S/C13H9FN2O6S2/c14-10-5-1-2-6-11(10)22-12-7-3-4-8-13(12)23(18,19)16-24(20,21)15-9-17/h1-8,16H. The van der Waals surface area contributed by atoms with E-state index >= 15 is 0 Å². The summed E-state index contributed by atoms with van der Waals surface area (Å²) in [5.74, 6) is -1.31. The van der Waals surface area contributed by atoms with Crippen LogP contribution in [0, 0.1) is 5.82 Å². The molecule has 0 aliphatic rings. The summed E-state index contributed by atoms with van der Waals surface area (Å²) < 4.78 is 69.4. The zero-order valence-electron chi connectivity index (χ0n) is 11.7. The van der Waals surface area contributed by atoms with E-state index in [0.29, 0.717) is 0 Å². The second kappa shape index (κ2) is 6.89. The zero-order valence-corrected chi connectivity index (χ0v) is 13.3. The highest BCUT2D eigenvalue weighted by Crippen LogP contribution is 2.30. The lowest BCUT2D eigenvalue weighted by atomic mass is 10.3. The first-order valence-corrected chi connectivity index (χ1v) is 9.06. The molecule has 0 aromatic heterocycles. The zero-order chi connectivity index (χ0) is 17.8. The average Bonchev–Trinajstić information content (AvgIpc) is 2.49. The summed E-state index contributed by atoms with van der Waals surface area (Å²) in [6, 6.07) is 10.2. The molecule has 0 aliphatic carbocycles. The van der Waals surface area contributed by atoms with Crippen molar-refractivity contribution in [3.8, 4) is 11.5 Å². The van der Waals surface area contributed by atoms with Crippen molar-refractivity contribution in [2.24, 2.45) is 4.40 Å². The topological polar surface area (TPSA) is 119 Å². The molecule has 11 heteroatoms. The van der Waals surface area contributed by atoms with Crippen LogP contribution in [0.25, 0.3) is 0 Å². The SMILES string of the molecule is O=C=NS(=O)(=O)NS(=O)(=O)c1ccccc1Oc1ccccc1F. The van der Waals surface area contributed by atoms with Crippen LogP contribution in [0.5, 0.6) is 11.5 Å². The predicted octanol–water partition coefficient (Wildman–Crippen LogP) is 1.48. The summed E-state index contributed by atoms with van der Waals surface area (Å²) in [5, 5.41) is 0. The summed E-state index contributed by atoms with van der Waals surface area (Å²) in [7, 11) is -9.46. The number of hydrogen-bond acceptors (Lipinski definition) is 6. The number of para-hydroxylation sites is 2. The Bertz CT molecular complexity index is 1010. The molecule has 0 atom stereocenters. The summed E-state index contributed by atoms with van der Waals surface area (Å²) in [5.41, 5.74) is 0. The van der Waals surface area contributed by atoms with Crippen molar-refractivity contribution >= 4 is 26.3 Å². The molecule has 2 aromatic carbocycles. The molecule has 0 heterocycles. The molecule has 126 valence electrons. The van der Waals surface area contributed by atoms with Crippen LogP contribution < -0.4 is 8.86 Å². The number of halogens is 1. The number of ether oxygens (including phenoxy) is 1. The number of benzene rings is 2. The summed E-state index contributed by atoms with van der Waals surface area (Å²) in [6.07, 6.45) is 0.723. The molecular weight excluding hydrogens is 363 g/mol. The van der Waals surface area contributed by atoms with Crippen molar-refractivity contribution in [3.05, 3.63) is 54.3 Å². The molecule has 0 saturated carbocycles. The van der Waals surface area contributed by atoms with Crippen LogP contribution in [-0.2, 0) is 25.0 Å². The van der Waals surface area contributed by atoms with Crippen molar-refractivity contribution in [1.29, 1.82) is 0 Å². The van der Waals surface area contributed by atoms with Gasteiger partial charge in [-0.3, -0.25) is 0 Å². The number of nitrogens with one attached hydrogen (secondary N) is 1. The first kappa shape index (κ1) is 17.8. The van der Waals surface area contributed by atoms with Crippen LogP contribution >= 0.6 is 0 Å². The lowest BCUT2D eigenvalue weighted by Crippen LogP contribution is -2.29. The smallest absolute Gasteiger partial charge is 0.343 e. The van der Waals surface area contributed by atoms with Crippen LogP contribution in [0.15, 0.2) is 57.8 Å². The Morgan fingerprint density at radius 3 is 2.17 bits per heavy atom. The number of hydrogen-bond donors (Lipinski definition) is 1. The normalized spacial score (nSPS) is 11.5. The van der Waals surface area contributed by atoms with E-state index < -0.39 is 30.9 Å². The second-order valence-corrected chi connectivity index (χ2v) is 7.47. The first-order chi connectivity index (χ1) is 11.2. The molecular formula is C13H9FN2O6S2. The van der Waals surface area contributed by atoms with E-state index in [-0.39, 0.29) is 11.5 Å². The highest BCUT2D eigenvalue weighted by molar-refractivity contribution is 8.04. The third kappa shape index (κ3) is 4.24. The Balaban J connectivity index is 2.45.